The first-order valence-electron chi connectivity index (χ1n) is 10.3. The van der Waals surface area contributed by atoms with Gasteiger partial charge in [0, 0.05) is 18.8 Å². The van der Waals surface area contributed by atoms with Gasteiger partial charge in [-0.3, -0.25) is 14.4 Å². The van der Waals surface area contributed by atoms with Crippen LogP contribution in [0.15, 0.2) is 53.6 Å². The van der Waals surface area contributed by atoms with Gasteiger partial charge in [-0.05, 0) is 49.1 Å². The van der Waals surface area contributed by atoms with Crippen molar-refractivity contribution in [3.63, 3.8) is 0 Å². The Morgan fingerprint density at radius 1 is 1.16 bits per heavy atom. The number of benzene rings is 2. The van der Waals surface area contributed by atoms with Crippen molar-refractivity contribution in [1.29, 1.82) is 0 Å². The number of nitrogens with one attached hydrogen (secondary N) is 3. The molecule has 9 nitrogen and oxygen atoms in total. The van der Waals surface area contributed by atoms with Crippen molar-refractivity contribution < 1.29 is 23.9 Å². The summed E-state index contributed by atoms with van der Waals surface area (Å²) in [5.74, 6) is -1.44. The van der Waals surface area contributed by atoms with E-state index in [1.165, 1.54) is 6.21 Å². The molecule has 2 aromatic rings. The summed E-state index contributed by atoms with van der Waals surface area (Å²) >= 11 is 0. The van der Waals surface area contributed by atoms with Gasteiger partial charge in [0.15, 0.2) is 6.61 Å². The lowest BCUT2D eigenvalue weighted by Crippen LogP contribution is -2.41. The molecule has 0 unspecified atom stereocenters. The second-order valence-electron chi connectivity index (χ2n) is 7.27. The Hall–Kier alpha value is -3.72. The van der Waals surface area contributed by atoms with Crippen LogP contribution in [0.3, 0.4) is 0 Å². The lowest BCUT2D eigenvalue weighted by molar-refractivity contribution is -0.139. The molecule has 3 amide bonds. The second-order valence-corrected chi connectivity index (χ2v) is 7.27. The summed E-state index contributed by atoms with van der Waals surface area (Å²) in [5, 5.41) is 9.11. The highest BCUT2D eigenvalue weighted by atomic mass is 16.5. The summed E-state index contributed by atoms with van der Waals surface area (Å²) in [6.45, 7) is 2.73. The highest BCUT2D eigenvalue weighted by Gasteiger charge is 2.18. The predicted molar refractivity (Wildman–Crippen MR) is 119 cm³/mol. The van der Waals surface area contributed by atoms with Gasteiger partial charge >= 0.3 is 11.8 Å². The number of rotatable bonds is 8. The molecule has 1 atom stereocenters. The van der Waals surface area contributed by atoms with Crippen LogP contribution in [0.4, 0.5) is 5.69 Å². The van der Waals surface area contributed by atoms with Crippen LogP contribution >= 0.6 is 0 Å². The van der Waals surface area contributed by atoms with Gasteiger partial charge in [0.25, 0.3) is 5.91 Å². The average Bonchev–Trinajstić information content (AvgIpc) is 3.31. The molecule has 168 valence electrons. The molecule has 0 spiro atoms. The summed E-state index contributed by atoms with van der Waals surface area (Å²) in [7, 11) is 0. The third-order valence-electron chi connectivity index (χ3n) is 4.75. The van der Waals surface area contributed by atoms with E-state index < -0.39 is 11.8 Å². The molecule has 32 heavy (non-hydrogen) atoms. The maximum atomic E-state index is 12.1. The zero-order valence-corrected chi connectivity index (χ0v) is 17.8. The molecule has 3 rings (SSSR count). The molecule has 9 heteroatoms. The number of carbonyl (C=O) groups excluding carboxylic acids is 3. The number of ether oxygens (including phenoxy) is 2. The molecule has 2 aromatic carbocycles. The molecule has 1 fully saturated rings. The van der Waals surface area contributed by atoms with Crippen molar-refractivity contribution >= 4 is 29.6 Å². The number of amides is 3. The molecule has 0 bridgehead atoms. The maximum absolute atomic E-state index is 12.1. The molecule has 0 aliphatic carbocycles. The van der Waals surface area contributed by atoms with Crippen LogP contribution in [0.1, 0.15) is 24.0 Å². The minimum Gasteiger partial charge on any atom is -0.484 e. The van der Waals surface area contributed by atoms with Crippen molar-refractivity contribution in [3.05, 3.63) is 59.7 Å². The number of carbonyl (C=O) groups is 3. The van der Waals surface area contributed by atoms with Gasteiger partial charge < -0.3 is 20.1 Å². The lowest BCUT2D eigenvalue weighted by atomic mass is 10.2. The third kappa shape index (κ3) is 7.21. The average molecular weight is 438 g/mol. The number of nitrogens with zero attached hydrogens (tertiary/aromatic N) is 1. The van der Waals surface area contributed by atoms with Crippen molar-refractivity contribution in [2.24, 2.45) is 5.10 Å². The zero-order valence-electron chi connectivity index (χ0n) is 17.8. The highest BCUT2D eigenvalue weighted by molar-refractivity contribution is 6.35. The van der Waals surface area contributed by atoms with Crippen LogP contribution in [-0.2, 0) is 19.1 Å². The number of hydrogen-bond acceptors (Lipinski definition) is 6. The van der Waals surface area contributed by atoms with Gasteiger partial charge in [0.1, 0.15) is 5.75 Å². The first-order chi connectivity index (χ1) is 15.5. The van der Waals surface area contributed by atoms with Crippen LogP contribution in [0, 0.1) is 6.92 Å². The molecule has 0 radical (unpaired) electrons. The van der Waals surface area contributed by atoms with Crippen molar-refractivity contribution in [2.75, 3.05) is 25.1 Å². The summed E-state index contributed by atoms with van der Waals surface area (Å²) in [6, 6.07) is 14.3. The van der Waals surface area contributed by atoms with Crippen LogP contribution in [0.25, 0.3) is 0 Å². The van der Waals surface area contributed by atoms with E-state index in [9.17, 15) is 14.4 Å². The first kappa shape index (κ1) is 23.0. The minimum absolute atomic E-state index is 0.0446. The molecule has 3 N–H and O–H groups in total. The van der Waals surface area contributed by atoms with Crippen LogP contribution in [0.2, 0.25) is 0 Å². The van der Waals surface area contributed by atoms with E-state index in [-0.39, 0.29) is 18.6 Å². The van der Waals surface area contributed by atoms with Gasteiger partial charge in [-0.25, -0.2) is 5.43 Å². The van der Waals surface area contributed by atoms with Gasteiger partial charge in [-0.15, -0.1) is 0 Å². The van der Waals surface area contributed by atoms with Gasteiger partial charge in [-0.2, -0.15) is 5.10 Å². The molecular weight excluding hydrogens is 412 g/mol. The van der Waals surface area contributed by atoms with E-state index in [0.29, 0.717) is 24.5 Å². The molecular formula is C23H26N4O5. The summed E-state index contributed by atoms with van der Waals surface area (Å²) in [5.41, 5.74) is 4.50. The van der Waals surface area contributed by atoms with E-state index in [1.807, 2.05) is 31.2 Å². The number of anilines is 1. The van der Waals surface area contributed by atoms with Crippen molar-refractivity contribution in [2.45, 2.75) is 25.9 Å². The van der Waals surface area contributed by atoms with Crippen molar-refractivity contribution in [1.82, 2.24) is 10.7 Å². The highest BCUT2D eigenvalue weighted by Crippen LogP contribution is 2.14. The summed E-state index contributed by atoms with van der Waals surface area (Å²) in [6.07, 6.45) is 3.16. The topological polar surface area (TPSA) is 118 Å². The zero-order chi connectivity index (χ0) is 22.8. The van der Waals surface area contributed by atoms with Crippen LogP contribution in [-0.4, -0.2) is 49.8 Å². The fraction of sp³-hybridized carbons (Fsp3) is 0.304. The fourth-order valence-electron chi connectivity index (χ4n) is 3.04. The van der Waals surface area contributed by atoms with E-state index in [0.717, 1.165) is 24.1 Å². The SMILES string of the molecule is Cc1ccccc1NC(=O)COc1cccc(/C=N\NC(=O)C(=O)NC[C@@H]2CCCO2)c1. The third-order valence-corrected chi connectivity index (χ3v) is 4.75. The Morgan fingerprint density at radius 2 is 2.00 bits per heavy atom. The van der Waals surface area contributed by atoms with E-state index in [1.54, 1.807) is 24.3 Å². The van der Waals surface area contributed by atoms with Gasteiger partial charge in [0.05, 0.1) is 12.3 Å². The Balaban J connectivity index is 1.43. The standard InChI is InChI=1S/C23H26N4O5/c1-16-6-2-3-10-20(16)26-21(28)15-32-18-8-4-7-17(12-18)13-25-27-23(30)22(29)24-14-19-9-5-11-31-19/h2-4,6-8,10,12-13,19H,5,9,11,14-15H2,1H3,(H,24,29)(H,26,28)(H,27,30)/b25-13-/t19-/m0/s1. The second kappa shape index (κ2) is 11.6. The summed E-state index contributed by atoms with van der Waals surface area (Å²) < 4.78 is 10.9. The number of hydrogen-bond donors (Lipinski definition) is 3. The Bertz CT molecular complexity index is 986. The predicted octanol–water partition coefficient (Wildman–Crippen LogP) is 1.76. The molecule has 1 heterocycles. The van der Waals surface area contributed by atoms with E-state index >= 15 is 0 Å². The Kier molecular flexibility index (Phi) is 8.33. The van der Waals surface area contributed by atoms with E-state index in [2.05, 4.69) is 21.2 Å². The smallest absolute Gasteiger partial charge is 0.329 e. The normalized spacial score (nSPS) is 15.3. The fourth-order valence-corrected chi connectivity index (χ4v) is 3.04. The van der Waals surface area contributed by atoms with Crippen LogP contribution < -0.4 is 20.8 Å². The lowest BCUT2D eigenvalue weighted by Gasteiger charge is -2.10. The molecule has 1 aliphatic rings. The van der Waals surface area contributed by atoms with Crippen LogP contribution in [0.5, 0.6) is 5.75 Å². The molecule has 0 saturated carbocycles. The van der Waals surface area contributed by atoms with E-state index in [4.69, 9.17) is 9.47 Å². The Labute approximate surface area is 186 Å². The quantitative estimate of drug-likeness (QED) is 0.330. The van der Waals surface area contributed by atoms with Gasteiger partial charge in [0.2, 0.25) is 0 Å². The maximum Gasteiger partial charge on any atom is 0.329 e. The molecule has 1 aliphatic heterocycles. The number of aryl methyl sites for hydroxylation is 1. The Morgan fingerprint density at radius 3 is 2.78 bits per heavy atom. The monoisotopic (exact) mass is 438 g/mol. The first-order valence-corrected chi connectivity index (χ1v) is 10.3. The van der Waals surface area contributed by atoms with Crippen molar-refractivity contribution in [3.8, 4) is 5.75 Å². The largest absolute Gasteiger partial charge is 0.484 e. The minimum atomic E-state index is -0.862. The van der Waals surface area contributed by atoms with Gasteiger partial charge in [-0.1, -0.05) is 30.3 Å². The number of hydrazone groups is 1. The number of para-hydroxylation sites is 1. The summed E-state index contributed by atoms with van der Waals surface area (Å²) in [4.78, 5) is 35.7. The molecule has 0 aromatic heterocycles. The molecule has 1 saturated heterocycles.